The number of nitrogens with one attached hydrogen (secondary N) is 1. The Morgan fingerprint density at radius 3 is 2.72 bits per heavy atom. The Morgan fingerprint density at radius 1 is 1.44 bits per heavy atom. The third-order valence-electron chi connectivity index (χ3n) is 3.54. The van der Waals surface area contributed by atoms with Gasteiger partial charge in [0.1, 0.15) is 11.8 Å². The maximum Gasteiger partial charge on any atom is 0.329 e. The molecule has 0 fully saturated rings. The maximum absolute atomic E-state index is 12.2. The van der Waals surface area contributed by atoms with Crippen molar-refractivity contribution in [3.8, 4) is 0 Å². The van der Waals surface area contributed by atoms with Crippen molar-refractivity contribution in [1.29, 1.82) is 0 Å². The first-order valence-electron chi connectivity index (χ1n) is 7.73. The molecule has 1 N–H and O–H groups in total. The molecule has 0 aliphatic heterocycles. The highest BCUT2D eigenvalue weighted by atomic mass is 35.5. The summed E-state index contributed by atoms with van der Waals surface area (Å²) in [5.41, 5.74) is 1.55. The molecule has 2 rings (SSSR count). The van der Waals surface area contributed by atoms with Gasteiger partial charge in [0.25, 0.3) is 5.91 Å². The van der Waals surface area contributed by atoms with Crippen molar-refractivity contribution in [1.82, 2.24) is 15.1 Å². The van der Waals surface area contributed by atoms with Gasteiger partial charge < -0.3 is 14.5 Å². The van der Waals surface area contributed by atoms with Crippen molar-refractivity contribution in [2.24, 2.45) is 0 Å². The van der Waals surface area contributed by atoms with Crippen LogP contribution in [0.4, 0.5) is 0 Å². The fraction of sp³-hybridized carbons (Fsp3) is 0.438. The summed E-state index contributed by atoms with van der Waals surface area (Å²) in [7, 11) is 0. The number of hydrogen-bond acceptors (Lipinski definition) is 6. The summed E-state index contributed by atoms with van der Waals surface area (Å²) in [4.78, 5) is 23.9. The molecule has 0 aliphatic rings. The van der Waals surface area contributed by atoms with Crippen LogP contribution < -0.4 is 5.32 Å². The summed E-state index contributed by atoms with van der Waals surface area (Å²) in [5, 5.41) is 7.47. The van der Waals surface area contributed by atoms with Gasteiger partial charge in [-0.3, -0.25) is 9.48 Å². The van der Waals surface area contributed by atoms with E-state index >= 15 is 0 Å². The third-order valence-corrected chi connectivity index (χ3v) is 4.46. The predicted octanol–water partition coefficient (Wildman–Crippen LogP) is 2.39. The van der Waals surface area contributed by atoms with Crippen LogP contribution in [0.2, 0.25) is 5.02 Å². The van der Waals surface area contributed by atoms with E-state index < -0.39 is 17.9 Å². The quantitative estimate of drug-likeness (QED) is 0.564. The Kier molecular flexibility index (Phi) is 6.55. The molecule has 9 heteroatoms. The zero-order valence-corrected chi connectivity index (χ0v) is 15.9. The molecule has 2 heterocycles. The number of esters is 1. The lowest BCUT2D eigenvalue weighted by atomic mass is 10.3. The summed E-state index contributed by atoms with van der Waals surface area (Å²) in [5.74, 6) is -0.271. The molecule has 0 saturated carbocycles. The van der Waals surface area contributed by atoms with Gasteiger partial charge in [-0.25, -0.2) is 4.79 Å². The summed E-state index contributed by atoms with van der Waals surface area (Å²) in [6.45, 7) is 5.95. The van der Waals surface area contributed by atoms with Crippen molar-refractivity contribution < 1.29 is 18.7 Å². The van der Waals surface area contributed by atoms with E-state index in [1.165, 1.54) is 0 Å². The van der Waals surface area contributed by atoms with Crippen LogP contribution in [0.15, 0.2) is 16.5 Å². The smallest absolute Gasteiger partial charge is 0.329 e. The number of aromatic nitrogens is 2. The summed E-state index contributed by atoms with van der Waals surface area (Å²) < 4.78 is 12.1. The average Bonchev–Trinajstić information content (AvgIpc) is 3.14. The molecule has 1 amide bonds. The third kappa shape index (κ3) is 4.58. The van der Waals surface area contributed by atoms with Crippen molar-refractivity contribution in [3.05, 3.63) is 40.1 Å². The zero-order chi connectivity index (χ0) is 18.6. The molecule has 1 atom stereocenters. The normalized spacial score (nSPS) is 12.0. The van der Waals surface area contributed by atoms with Gasteiger partial charge in [0.15, 0.2) is 5.76 Å². The van der Waals surface area contributed by atoms with Crippen LogP contribution in [-0.2, 0) is 16.1 Å². The molecule has 0 aliphatic carbocycles. The Bertz CT molecular complexity index is 772. The molecular weight excluding hydrogens is 366 g/mol. The SMILES string of the molecule is CCOC(=O)[C@H](CS)NC(=O)c1ccc(Cn2nc(C)c(Cl)c2C)o1. The monoisotopic (exact) mass is 385 g/mol. The number of furan rings is 1. The average molecular weight is 386 g/mol. The number of ether oxygens (including phenoxy) is 1. The number of carbonyl (C=O) groups is 2. The van der Waals surface area contributed by atoms with Crippen LogP contribution in [0.1, 0.15) is 34.6 Å². The number of aryl methyl sites for hydroxylation is 1. The minimum absolute atomic E-state index is 0.0960. The number of nitrogens with zero attached hydrogens (tertiary/aromatic N) is 2. The van der Waals surface area contributed by atoms with E-state index in [1.807, 2.05) is 13.8 Å². The number of thiol groups is 1. The lowest BCUT2D eigenvalue weighted by Gasteiger charge is -2.13. The highest BCUT2D eigenvalue weighted by molar-refractivity contribution is 7.80. The standard InChI is InChI=1S/C16H20ClN3O4S/c1-4-23-16(22)12(8-25)18-15(21)13-6-5-11(24-13)7-20-10(3)14(17)9(2)19-20/h5-6,12,25H,4,7-8H2,1-3H3,(H,18,21)/t12-/m0/s1. The fourth-order valence-electron chi connectivity index (χ4n) is 2.21. The molecule has 25 heavy (non-hydrogen) atoms. The van der Waals surface area contributed by atoms with Crippen LogP contribution in [0.5, 0.6) is 0 Å². The van der Waals surface area contributed by atoms with E-state index in [1.54, 1.807) is 23.7 Å². The highest BCUT2D eigenvalue weighted by Gasteiger charge is 2.23. The number of carbonyl (C=O) groups excluding carboxylic acids is 2. The van der Waals surface area contributed by atoms with Gasteiger partial charge in [0.05, 0.1) is 29.6 Å². The minimum Gasteiger partial charge on any atom is -0.464 e. The van der Waals surface area contributed by atoms with E-state index in [0.29, 0.717) is 17.3 Å². The van der Waals surface area contributed by atoms with Gasteiger partial charge in [0.2, 0.25) is 0 Å². The Morgan fingerprint density at radius 2 is 2.16 bits per heavy atom. The van der Waals surface area contributed by atoms with Gasteiger partial charge in [-0.1, -0.05) is 11.6 Å². The van der Waals surface area contributed by atoms with E-state index in [2.05, 4.69) is 23.0 Å². The van der Waals surface area contributed by atoms with E-state index in [0.717, 1.165) is 11.4 Å². The van der Waals surface area contributed by atoms with Gasteiger partial charge in [-0.05, 0) is 32.9 Å². The first kappa shape index (κ1) is 19.4. The van der Waals surface area contributed by atoms with Crippen molar-refractivity contribution in [2.45, 2.75) is 33.4 Å². The number of halogens is 1. The van der Waals surface area contributed by atoms with E-state index in [-0.39, 0.29) is 18.1 Å². The topological polar surface area (TPSA) is 86.4 Å². The number of hydrogen-bond donors (Lipinski definition) is 2. The fourth-order valence-corrected chi connectivity index (χ4v) is 2.59. The van der Waals surface area contributed by atoms with Gasteiger partial charge in [-0.15, -0.1) is 0 Å². The molecule has 0 spiro atoms. The molecule has 0 unspecified atom stereocenters. The van der Waals surface area contributed by atoms with Crippen molar-refractivity contribution in [3.63, 3.8) is 0 Å². The Balaban J connectivity index is 2.05. The first-order chi connectivity index (χ1) is 11.9. The first-order valence-corrected chi connectivity index (χ1v) is 8.75. The maximum atomic E-state index is 12.2. The predicted molar refractivity (Wildman–Crippen MR) is 96.3 cm³/mol. The molecule has 7 nitrogen and oxygen atoms in total. The molecule has 0 bridgehead atoms. The Labute approximate surface area is 156 Å². The van der Waals surface area contributed by atoms with Crippen LogP contribution in [0, 0.1) is 13.8 Å². The summed E-state index contributed by atoms with van der Waals surface area (Å²) >= 11 is 10.2. The van der Waals surface area contributed by atoms with Crippen molar-refractivity contribution in [2.75, 3.05) is 12.4 Å². The lowest BCUT2D eigenvalue weighted by Crippen LogP contribution is -2.43. The zero-order valence-electron chi connectivity index (χ0n) is 14.2. The molecule has 0 aromatic carbocycles. The van der Waals surface area contributed by atoms with Crippen LogP contribution >= 0.6 is 24.2 Å². The highest BCUT2D eigenvalue weighted by Crippen LogP contribution is 2.20. The molecule has 0 saturated heterocycles. The minimum atomic E-state index is -0.834. The Hall–Kier alpha value is -1.93. The second-order valence-corrected chi connectivity index (χ2v) is 6.11. The second-order valence-electron chi connectivity index (χ2n) is 5.37. The van der Waals surface area contributed by atoms with Gasteiger partial charge >= 0.3 is 5.97 Å². The molecule has 0 radical (unpaired) electrons. The molecular formula is C16H20ClN3O4S. The molecule has 2 aromatic heterocycles. The van der Waals surface area contributed by atoms with E-state index in [9.17, 15) is 9.59 Å². The van der Waals surface area contributed by atoms with Gasteiger partial charge in [-0.2, -0.15) is 17.7 Å². The number of amides is 1. The lowest BCUT2D eigenvalue weighted by molar-refractivity contribution is -0.144. The second kappa shape index (κ2) is 8.44. The molecule has 136 valence electrons. The van der Waals surface area contributed by atoms with Crippen LogP contribution in [0.25, 0.3) is 0 Å². The summed E-state index contributed by atoms with van der Waals surface area (Å²) in [6, 6.07) is 2.39. The van der Waals surface area contributed by atoms with Crippen LogP contribution in [0.3, 0.4) is 0 Å². The molecule has 2 aromatic rings. The van der Waals surface area contributed by atoms with Gasteiger partial charge in [0, 0.05) is 5.75 Å². The van der Waals surface area contributed by atoms with Crippen LogP contribution in [-0.4, -0.2) is 40.1 Å². The van der Waals surface area contributed by atoms with Crippen molar-refractivity contribution >= 4 is 36.1 Å². The largest absolute Gasteiger partial charge is 0.464 e. The van der Waals surface area contributed by atoms with E-state index in [4.69, 9.17) is 20.8 Å². The number of rotatable bonds is 7. The summed E-state index contributed by atoms with van der Waals surface area (Å²) in [6.07, 6.45) is 0.